The number of carbonyl (C=O) groups is 2. The summed E-state index contributed by atoms with van der Waals surface area (Å²) in [4.78, 5) is 23.5. The monoisotopic (exact) mass is 341 g/mol. The number of benzene rings is 2. The lowest BCUT2D eigenvalue weighted by atomic mass is 10.0. The maximum atomic E-state index is 12.6. The highest BCUT2D eigenvalue weighted by Gasteiger charge is 2.29. The molecule has 2 N–H and O–H groups in total. The molecule has 130 valence electrons. The number of fused-ring (bicyclic) bond motifs is 1. The molecular formula is C19H19NO5. The minimum atomic E-state index is -0.902. The first-order chi connectivity index (χ1) is 12.1. The van der Waals surface area contributed by atoms with Crippen molar-refractivity contribution in [3.05, 3.63) is 60.2 Å². The van der Waals surface area contributed by atoms with Crippen LogP contribution in [0.15, 0.2) is 54.6 Å². The number of aliphatic carboxylic acids is 1. The molecule has 6 nitrogen and oxygen atoms in total. The second-order valence-corrected chi connectivity index (χ2v) is 5.77. The molecule has 1 aliphatic rings. The molecule has 1 aliphatic heterocycles. The van der Waals surface area contributed by atoms with Crippen LogP contribution in [0.5, 0.6) is 11.5 Å². The number of rotatable bonds is 6. The first kappa shape index (κ1) is 16.8. The fourth-order valence-electron chi connectivity index (χ4n) is 2.69. The number of carboxylic acids is 1. The van der Waals surface area contributed by atoms with Gasteiger partial charge in [0.15, 0.2) is 11.5 Å². The summed E-state index contributed by atoms with van der Waals surface area (Å²) in [6.45, 7) is 0.114. The molecule has 0 bridgehead atoms. The van der Waals surface area contributed by atoms with Gasteiger partial charge in [-0.05, 0) is 24.1 Å². The maximum Gasteiger partial charge on any atom is 0.303 e. The minimum absolute atomic E-state index is 0.0370. The number of nitrogens with one attached hydrogen (secondary N) is 1. The van der Waals surface area contributed by atoms with Crippen LogP contribution >= 0.6 is 0 Å². The van der Waals surface area contributed by atoms with Crippen LogP contribution in [-0.2, 0) is 9.59 Å². The van der Waals surface area contributed by atoms with E-state index in [-0.39, 0.29) is 18.9 Å². The van der Waals surface area contributed by atoms with Gasteiger partial charge in [-0.25, -0.2) is 0 Å². The van der Waals surface area contributed by atoms with Gasteiger partial charge in [0.1, 0.15) is 6.61 Å². The Hall–Kier alpha value is -3.02. The van der Waals surface area contributed by atoms with Crippen LogP contribution in [-0.4, -0.2) is 29.7 Å². The zero-order valence-corrected chi connectivity index (χ0v) is 13.6. The van der Waals surface area contributed by atoms with Crippen molar-refractivity contribution in [2.45, 2.75) is 25.0 Å². The van der Waals surface area contributed by atoms with Crippen LogP contribution in [0.3, 0.4) is 0 Å². The van der Waals surface area contributed by atoms with Gasteiger partial charge in [-0.1, -0.05) is 42.5 Å². The number of hydrogen-bond donors (Lipinski definition) is 2. The second-order valence-electron chi connectivity index (χ2n) is 5.77. The number of amides is 1. The van der Waals surface area contributed by atoms with Crippen LogP contribution in [0.4, 0.5) is 0 Å². The number of ether oxygens (including phenoxy) is 2. The predicted molar refractivity (Wildman–Crippen MR) is 90.5 cm³/mol. The Labute approximate surface area is 145 Å². The highest BCUT2D eigenvalue weighted by molar-refractivity contribution is 5.82. The fraction of sp³-hybridized carbons (Fsp3) is 0.263. The van der Waals surface area contributed by atoms with Crippen LogP contribution in [0, 0.1) is 0 Å². The normalized spacial score (nSPS) is 16.7. The van der Waals surface area contributed by atoms with Gasteiger partial charge >= 0.3 is 5.97 Å². The third-order valence-electron chi connectivity index (χ3n) is 3.97. The van der Waals surface area contributed by atoms with Gasteiger partial charge in [-0.2, -0.15) is 0 Å². The lowest BCUT2D eigenvalue weighted by Gasteiger charge is -2.27. The summed E-state index contributed by atoms with van der Waals surface area (Å²) in [6, 6.07) is 16.1. The fourth-order valence-corrected chi connectivity index (χ4v) is 2.69. The van der Waals surface area contributed by atoms with E-state index < -0.39 is 18.1 Å². The van der Waals surface area contributed by atoms with Crippen LogP contribution in [0.1, 0.15) is 24.4 Å². The van der Waals surface area contributed by atoms with Crippen molar-refractivity contribution in [1.82, 2.24) is 5.32 Å². The first-order valence-electron chi connectivity index (χ1n) is 8.09. The Morgan fingerprint density at radius 3 is 2.48 bits per heavy atom. The summed E-state index contributed by atoms with van der Waals surface area (Å²) in [6.07, 6.45) is -0.508. The van der Waals surface area contributed by atoms with Crippen molar-refractivity contribution in [1.29, 1.82) is 0 Å². The quantitative estimate of drug-likeness (QED) is 0.843. The molecule has 25 heavy (non-hydrogen) atoms. The van der Waals surface area contributed by atoms with E-state index in [0.29, 0.717) is 17.9 Å². The molecule has 2 aromatic rings. The molecule has 0 fully saturated rings. The Morgan fingerprint density at radius 2 is 1.76 bits per heavy atom. The van der Waals surface area contributed by atoms with Gasteiger partial charge in [-0.15, -0.1) is 0 Å². The highest BCUT2D eigenvalue weighted by atomic mass is 16.6. The van der Waals surface area contributed by atoms with Crippen LogP contribution in [0.2, 0.25) is 0 Å². The third-order valence-corrected chi connectivity index (χ3v) is 3.97. The molecule has 1 amide bonds. The topological polar surface area (TPSA) is 84.9 Å². The van der Waals surface area contributed by atoms with Crippen molar-refractivity contribution in [2.75, 3.05) is 6.61 Å². The molecule has 1 heterocycles. The smallest absolute Gasteiger partial charge is 0.303 e. The van der Waals surface area contributed by atoms with E-state index in [1.807, 2.05) is 42.5 Å². The molecular weight excluding hydrogens is 322 g/mol. The number of carboxylic acid groups (broad SMARTS) is 1. The standard InChI is InChI=1S/C19H19NO5/c21-18(22)11-10-14(13-6-2-1-3-7-13)20-19(23)17-12-24-15-8-4-5-9-16(15)25-17/h1-9,14,17H,10-12H2,(H,20,23)(H,21,22). The summed E-state index contributed by atoms with van der Waals surface area (Å²) >= 11 is 0. The predicted octanol–water partition coefficient (Wildman–Crippen LogP) is 2.55. The third kappa shape index (κ3) is 4.29. The van der Waals surface area contributed by atoms with E-state index in [4.69, 9.17) is 14.6 Å². The molecule has 2 atom stereocenters. The second kappa shape index (κ2) is 7.70. The summed E-state index contributed by atoms with van der Waals surface area (Å²) in [5, 5.41) is 11.8. The summed E-state index contributed by atoms with van der Waals surface area (Å²) in [5.74, 6) is -0.0946. The highest BCUT2D eigenvalue weighted by Crippen LogP contribution is 2.31. The van der Waals surface area contributed by atoms with Crippen molar-refractivity contribution >= 4 is 11.9 Å². The van der Waals surface area contributed by atoms with E-state index in [2.05, 4.69) is 5.32 Å². The zero-order chi connectivity index (χ0) is 17.6. The Kier molecular flexibility index (Phi) is 5.18. The van der Waals surface area contributed by atoms with Gasteiger partial charge < -0.3 is 19.9 Å². The Bertz CT molecular complexity index is 746. The summed E-state index contributed by atoms with van der Waals surface area (Å²) in [5.41, 5.74) is 0.856. The van der Waals surface area contributed by atoms with Gasteiger partial charge in [0.05, 0.1) is 6.04 Å². The average Bonchev–Trinajstić information content (AvgIpc) is 2.65. The molecule has 0 aromatic heterocycles. The van der Waals surface area contributed by atoms with Gasteiger partial charge in [-0.3, -0.25) is 9.59 Å². The molecule has 6 heteroatoms. The molecule has 0 radical (unpaired) electrons. The van der Waals surface area contributed by atoms with Gasteiger partial charge in [0, 0.05) is 6.42 Å². The Balaban J connectivity index is 1.69. The van der Waals surface area contributed by atoms with E-state index in [9.17, 15) is 9.59 Å². The molecule has 2 unspecified atom stereocenters. The zero-order valence-electron chi connectivity index (χ0n) is 13.6. The molecule has 3 rings (SSSR count). The molecule has 0 aliphatic carbocycles. The van der Waals surface area contributed by atoms with E-state index in [1.165, 1.54) is 0 Å². The lowest BCUT2D eigenvalue weighted by Crippen LogP contribution is -2.45. The van der Waals surface area contributed by atoms with Crippen LogP contribution in [0.25, 0.3) is 0 Å². The minimum Gasteiger partial charge on any atom is -0.485 e. The van der Waals surface area contributed by atoms with Crippen molar-refractivity contribution in [2.24, 2.45) is 0 Å². The maximum absolute atomic E-state index is 12.6. The van der Waals surface area contributed by atoms with E-state index >= 15 is 0 Å². The van der Waals surface area contributed by atoms with Gasteiger partial charge in [0.25, 0.3) is 5.91 Å². The summed E-state index contributed by atoms with van der Waals surface area (Å²) in [7, 11) is 0. The molecule has 0 saturated heterocycles. The Morgan fingerprint density at radius 1 is 1.08 bits per heavy atom. The van der Waals surface area contributed by atoms with E-state index in [0.717, 1.165) is 5.56 Å². The number of hydrogen-bond acceptors (Lipinski definition) is 4. The van der Waals surface area contributed by atoms with Crippen molar-refractivity contribution in [3.8, 4) is 11.5 Å². The lowest BCUT2D eigenvalue weighted by molar-refractivity contribution is -0.138. The average molecular weight is 341 g/mol. The van der Waals surface area contributed by atoms with Gasteiger partial charge in [0.2, 0.25) is 6.10 Å². The molecule has 0 spiro atoms. The van der Waals surface area contributed by atoms with Crippen LogP contribution < -0.4 is 14.8 Å². The van der Waals surface area contributed by atoms with Crippen molar-refractivity contribution in [3.63, 3.8) is 0 Å². The van der Waals surface area contributed by atoms with Crippen molar-refractivity contribution < 1.29 is 24.2 Å². The van der Waals surface area contributed by atoms with E-state index in [1.54, 1.807) is 12.1 Å². The first-order valence-corrected chi connectivity index (χ1v) is 8.09. The largest absolute Gasteiger partial charge is 0.485 e. The number of para-hydroxylation sites is 2. The SMILES string of the molecule is O=C(O)CCC(NC(=O)C1COc2ccccc2O1)c1ccccc1. The summed E-state index contributed by atoms with van der Waals surface area (Å²) < 4.78 is 11.3. The molecule has 0 saturated carbocycles. The number of carbonyl (C=O) groups excluding carboxylic acids is 1. The molecule has 2 aromatic carbocycles.